The quantitative estimate of drug-likeness (QED) is 0.805. The van der Waals surface area contributed by atoms with E-state index in [1.54, 1.807) is 29.2 Å². The Bertz CT molecular complexity index is 884. The van der Waals surface area contributed by atoms with Crippen LogP contribution in [-0.4, -0.2) is 43.3 Å². The summed E-state index contributed by atoms with van der Waals surface area (Å²) < 4.78 is 37.4. The minimum absolute atomic E-state index is 0.0868. The first-order chi connectivity index (χ1) is 12.3. The summed E-state index contributed by atoms with van der Waals surface area (Å²) in [5.41, 5.74) is 2.28. The fourth-order valence-corrected chi connectivity index (χ4v) is 5.08. The summed E-state index contributed by atoms with van der Waals surface area (Å²) in [5, 5.41) is -0.452. The molecule has 0 N–H and O–H groups in total. The molecular weight excluding hydrogens is 353 g/mol. The van der Waals surface area contributed by atoms with Crippen LogP contribution >= 0.6 is 0 Å². The summed E-state index contributed by atoms with van der Waals surface area (Å²) in [5.74, 6) is -0.206. The van der Waals surface area contributed by atoms with E-state index >= 15 is 0 Å². The molecule has 2 aromatic carbocycles. The van der Waals surface area contributed by atoms with Crippen molar-refractivity contribution in [1.82, 2.24) is 4.90 Å². The Hall–Kier alpha value is -2.21. The molecule has 0 bridgehead atoms. The first kappa shape index (κ1) is 18.6. The molecule has 6 heteroatoms. The summed E-state index contributed by atoms with van der Waals surface area (Å²) in [4.78, 5) is 14.1. The minimum Gasteiger partial charge on any atom is -0.336 e. The van der Waals surface area contributed by atoms with E-state index in [4.69, 9.17) is 0 Å². The van der Waals surface area contributed by atoms with Crippen LogP contribution in [0.2, 0.25) is 0 Å². The SMILES string of the molecule is CC(C)CS(=O)(=O)C1CN(C(=O)c2ccc(-c3ccc(F)cc3)cc2)C1. The number of amides is 1. The topological polar surface area (TPSA) is 54.5 Å². The van der Waals surface area contributed by atoms with Gasteiger partial charge in [0.15, 0.2) is 9.84 Å². The van der Waals surface area contributed by atoms with Crippen LogP contribution in [0.3, 0.4) is 0 Å². The van der Waals surface area contributed by atoms with E-state index in [0.717, 1.165) is 11.1 Å². The summed E-state index contributed by atoms with van der Waals surface area (Å²) in [6.07, 6.45) is 0. The van der Waals surface area contributed by atoms with E-state index in [9.17, 15) is 17.6 Å². The minimum atomic E-state index is -3.14. The predicted octanol–water partition coefficient (Wildman–Crippen LogP) is 3.39. The van der Waals surface area contributed by atoms with Crippen LogP contribution in [0, 0.1) is 11.7 Å². The highest BCUT2D eigenvalue weighted by atomic mass is 32.2. The van der Waals surface area contributed by atoms with Crippen LogP contribution in [-0.2, 0) is 9.84 Å². The molecule has 2 aromatic rings. The fourth-order valence-electron chi connectivity index (χ4n) is 3.06. The number of benzene rings is 2. The van der Waals surface area contributed by atoms with Gasteiger partial charge in [0.25, 0.3) is 5.91 Å². The largest absolute Gasteiger partial charge is 0.336 e. The number of nitrogens with zero attached hydrogens (tertiary/aromatic N) is 1. The van der Waals surface area contributed by atoms with Crippen LogP contribution < -0.4 is 0 Å². The van der Waals surface area contributed by atoms with Gasteiger partial charge >= 0.3 is 0 Å². The van der Waals surface area contributed by atoms with Gasteiger partial charge < -0.3 is 4.90 Å². The first-order valence-corrected chi connectivity index (χ1v) is 10.3. The molecule has 1 aliphatic heterocycles. The molecule has 138 valence electrons. The molecule has 1 aliphatic rings. The average molecular weight is 375 g/mol. The lowest BCUT2D eigenvalue weighted by Crippen LogP contribution is -2.57. The molecule has 0 aromatic heterocycles. The van der Waals surface area contributed by atoms with Crippen LogP contribution in [0.25, 0.3) is 11.1 Å². The summed E-state index contributed by atoms with van der Waals surface area (Å²) in [6.45, 7) is 4.27. The van der Waals surface area contributed by atoms with E-state index in [0.29, 0.717) is 5.56 Å². The molecule has 0 atom stereocenters. The molecule has 0 aliphatic carbocycles. The van der Waals surface area contributed by atoms with Crippen LogP contribution in [0.15, 0.2) is 48.5 Å². The number of likely N-dealkylation sites (tertiary alicyclic amines) is 1. The number of halogens is 1. The van der Waals surface area contributed by atoms with Gasteiger partial charge in [0.2, 0.25) is 0 Å². The fraction of sp³-hybridized carbons (Fsp3) is 0.350. The Morgan fingerprint density at radius 1 is 1.04 bits per heavy atom. The van der Waals surface area contributed by atoms with Crippen molar-refractivity contribution in [3.8, 4) is 11.1 Å². The normalized spacial score (nSPS) is 15.2. The molecule has 0 unspecified atom stereocenters. The van der Waals surface area contributed by atoms with Gasteiger partial charge in [0, 0.05) is 18.7 Å². The molecule has 0 spiro atoms. The summed E-state index contributed by atoms with van der Waals surface area (Å²) >= 11 is 0. The number of sulfone groups is 1. The number of carbonyl (C=O) groups is 1. The molecule has 4 nitrogen and oxygen atoms in total. The Morgan fingerprint density at radius 3 is 2.04 bits per heavy atom. The Morgan fingerprint density at radius 2 is 1.54 bits per heavy atom. The van der Waals surface area contributed by atoms with Crippen molar-refractivity contribution < 1.29 is 17.6 Å². The second-order valence-corrected chi connectivity index (χ2v) is 9.47. The van der Waals surface area contributed by atoms with E-state index < -0.39 is 15.1 Å². The predicted molar refractivity (Wildman–Crippen MR) is 100 cm³/mol. The number of hydrogen-bond donors (Lipinski definition) is 0. The average Bonchev–Trinajstić information content (AvgIpc) is 2.52. The van der Waals surface area contributed by atoms with Gasteiger partial charge in [-0.3, -0.25) is 4.79 Å². The van der Waals surface area contributed by atoms with Gasteiger partial charge in [-0.05, 0) is 41.3 Å². The second kappa shape index (κ2) is 7.19. The molecule has 3 rings (SSSR count). The van der Waals surface area contributed by atoms with Crippen molar-refractivity contribution in [3.05, 3.63) is 59.9 Å². The molecule has 0 radical (unpaired) electrons. The zero-order chi connectivity index (χ0) is 18.9. The third-order valence-corrected chi connectivity index (χ3v) is 6.96. The van der Waals surface area contributed by atoms with Gasteiger partial charge in [-0.15, -0.1) is 0 Å². The zero-order valence-corrected chi connectivity index (χ0v) is 15.7. The van der Waals surface area contributed by atoms with E-state index in [1.807, 2.05) is 26.0 Å². The maximum Gasteiger partial charge on any atom is 0.253 e. The molecule has 0 saturated carbocycles. The third kappa shape index (κ3) is 3.96. The second-order valence-electron chi connectivity index (χ2n) is 7.14. The molecule has 26 heavy (non-hydrogen) atoms. The van der Waals surface area contributed by atoms with Crippen LogP contribution in [0.1, 0.15) is 24.2 Å². The summed E-state index contributed by atoms with van der Waals surface area (Å²) in [7, 11) is -3.14. The third-order valence-electron chi connectivity index (χ3n) is 4.52. The number of hydrogen-bond acceptors (Lipinski definition) is 3. The lowest BCUT2D eigenvalue weighted by molar-refractivity contribution is 0.0659. The highest BCUT2D eigenvalue weighted by molar-refractivity contribution is 7.92. The monoisotopic (exact) mass is 375 g/mol. The van der Waals surface area contributed by atoms with Gasteiger partial charge in [-0.1, -0.05) is 38.1 Å². The molecule has 1 fully saturated rings. The number of carbonyl (C=O) groups excluding carboxylic acids is 1. The van der Waals surface area contributed by atoms with Crippen LogP contribution in [0.4, 0.5) is 4.39 Å². The number of rotatable bonds is 5. The molecule has 1 heterocycles. The zero-order valence-electron chi connectivity index (χ0n) is 14.9. The maximum atomic E-state index is 13.0. The van der Waals surface area contributed by atoms with Crippen molar-refractivity contribution in [2.24, 2.45) is 5.92 Å². The lowest BCUT2D eigenvalue weighted by atomic mass is 10.0. The first-order valence-electron chi connectivity index (χ1n) is 8.63. The lowest BCUT2D eigenvalue weighted by Gasteiger charge is -2.39. The Balaban J connectivity index is 1.64. The van der Waals surface area contributed by atoms with Gasteiger partial charge in [0.05, 0.1) is 11.0 Å². The van der Waals surface area contributed by atoms with Crippen molar-refractivity contribution in [1.29, 1.82) is 0 Å². The van der Waals surface area contributed by atoms with Crippen molar-refractivity contribution in [2.45, 2.75) is 19.1 Å². The Kier molecular flexibility index (Phi) is 5.14. The van der Waals surface area contributed by atoms with Gasteiger partial charge in [-0.2, -0.15) is 0 Å². The molecule has 1 saturated heterocycles. The van der Waals surface area contributed by atoms with E-state index in [2.05, 4.69) is 0 Å². The van der Waals surface area contributed by atoms with Crippen molar-refractivity contribution >= 4 is 15.7 Å². The summed E-state index contributed by atoms with van der Waals surface area (Å²) in [6, 6.07) is 13.2. The molecular formula is C20H22FNO3S. The standard InChI is InChI=1S/C20H22FNO3S/c1-14(2)13-26(24,25)19-11-22(12-19)20(23)17-5-3-15(4-6-17)16-7-9-18(21)10-8-16/h3-10,14,19H,11-13H2,1-2H3. The van der Waals surface area contributed by atoms with Gasteiger partial charge in [0.1, 0.15) is 5.82 Å². The highest BCUT2D eigenvalue weighted by Gasteiger charge is 2.39. The van der Waals surface area contributed by atoms with Gasteiger partial charge in [-0.25, -0.2) is 12.8 Å². The van der Waals surface area contributed by atoms with Crippen molar-refractivity contribution in [3.63, 3.8) is 0 Å². The van der Waals surface area contributed by atoms with E-state index in [1.165, 1.54) is 12.1 Å². The molecule has 1 amide bonds. The smallest absolute Gasteiger partial charge is 0.253 e. The Labute approximate surface area is 153 Å². The van der Waals surface area contributed by atoms with Crippen LogP contribution in [0.5, 0.6) is 0 Å². The highest BCUT2D eigenvalue weighted by Crippen LogP contribution is 2.24. The van der Waals surface area contributed by atoms with E-state index in [-0.39, 0.29) is 36.5 Å². The maximum absolute atomic E-state index is 13.0. The van der Waals surface area contributed by atoms with Crippen molar-refractivity contribution in [2.75, 3.05) is 18.8 Å².